The molecular formula is C21H30N2O4S. The van der Waals surface area contributed by atoms with Crippen molar-refractivity contribution in [3.05, 3.63) is 24.3 Å². The Kier molecular flexibility index (Phi) is 8.35. The van der Waals surface area contributed by atoms with Crippen molar-refractivity contribution in [1.29, 1.82) is 0 Å². The number of aromatic nitrogens is 2. The van der Waals surface area contributed by atoms with Gasteiger partial charge >= 0.3 is 11.9 Å². The van der Waals surface area contributed by atoms with Crippen LogP contribution in [0.15, 0.2) is 29.4 Å². The Balaban J connectivity index is 1.94. The molecule has 0 aliphatic heterocycles. The lowest BCUT2D eigenvalue weighted by atomic mass is 10.2. The molecule has 1 heterocycles. The third kappa shape index (κ3) is 7.19. The summed E-state index contributed by atoms with van der Waals surface area (Å²) in [6.45, 7) is 7.98. The Bertz CT molecular complexity index is 795. The van der Waals surface area contributed by atoms with E-state index in [9.17, 15) is 9.59 Å². The summed E-state index contributed by atoms with van der Waals surface area (Å²) in [5, 5.41) is 0.817. The molecule has 6 nitrogen and oxygen atoms in total. The van der Waals surface area contributed by atoms with Crippen LogP contribution in [-0.4, -0.2) is 39.5 Å². The number of carbonyl (C=O) groups excluding carboxylic acids is 2. The fourth-order valence-electron chi connectivity index (χ4n) is 2.76. The van der Waals surface area contributed by atoms with Crippen LogP contribution in [0.2, 0.25) is 0 Å². The number of fused-ring (bicyclic) bond motifs is 1. The first kappa shape index (κ1) is 22.3. The van der Waals surface area contributed by atoms with Crippen molar-refractivity contribution in [3.63, 3.8) is 0 Å². The molecule has 0 spiro atoms. The largest absolute Gasteiger partial charge is 0.466 e. The van der Waals surface area contributed by atoms with Gasteiger partial charge < -0.3 is 14.0 Å². The zero-order chi connectivity index (χ0) is 20.6. The maximum Gasteiger partial charge on any atom is 0.326 e. The lowest BCUT2D eigenvalue weighted by Gasteiger charge is -2.20. The van der Waals surface area contributed by atoms with Crippen molar-refractivity contribution >= 4 is 34.7 Å². The predicted octanol–water partition coefficient (Wildman–Crippen LogP) is 4.59. The van der Waals surface area contributed by atoms with Gasteiger partial charge in [0, 0.05) is 12.2 Å². The van der Waals surface area contributed by atoms with Crippen LogP contribution in [0.4, 0.5) is 0 Å². The molecule has 1 aromatic heterocycles. The van der Waals surface area contributed by atoms with E-state index in [4.69, 9.17) is 9.47 Å². The molecule has 0 aliphatic carbocycles. The van der Waals surface area contributed by atoms with Crippen LogP contribution in [0.25, 0.3) is 11.0 Å². The summed E-state index contributed by atoms with van der Waals surface area (Å²) in [4.78, 5) is 28.4. The van der Waals surface area contributed by atoms with Crippen molar-refractivity contribution in [2.75, 3.05) is 12.4 Å². The lowest BCUT2D eigenvalue weighted by molar-refractivity contribution is -0.155. The number of hydrogen-bond acceptors (Lipinski definition) is 6. The SMILES string of the molecule is CCOC(=O)CCCCCSc1nc2ccccc2n1CC(=O)OC(C)(C)C. The molecule has 2 aromatic rings. The Labute approximate surface area is 171 Å². The molecule has 0 amide bonds. The number of rotatable bonds is 10. The Morgan fingerprint density at radius 2 is 1.86 bits per heavy atom. The molecule has 28 heavy (non-hydrogen) atoms. The third-order valence-corrected chi connectivity index (χ3v) is 4.95. The van der Waals surface area contributed by atoms with Crippen molar-refractivity contribution < 1.29 is 19.1 Å². The summed E-state index contributed by atoms with van der Waals surface area (Å²) >= 11 is 1.63. The second-order valence-corrected chi connectivity index (χ2v) is 8.58. The van der Waals surface area contributed by atoms with Gasteiger partial charge in [0.25, 0.3) is 0 Å². The second-order valence-electron chi connectivity index (χ2n) is 7.52. The highest BCUT2D eigenvalue weighted by Gasteiger charge is 2.19. The smallest absolute Gasteiger partial charge is 0.326 e. The maximum absolute atomic E-state index is 12.3. The quantitative estimate of drug-likeness (QED) is 0.326. The van der Waals surface area contributed by atoms with Gasteiger partial charge in [-0.1, -0.05) is 30.3 Å². The highest BCUT2D eigenvalue weighted by atomic mass is 32.2. The molecule has 154 valence electrons. The van der Waals surface area contributed by atoms with Gasteiger partial charge in [-0.05, 0) is 52.7 Å². The number of carbonyl (C=O) groups is 2. The van der Waals surface area contributed by atoms with Crippen LogP contribution in [0, 0.1) is 0 Å². The molecule has 0 radical (unpaired) electrons. The first-order chi connectivity index (χ1) is 13.3. The zero-order valence-corrected chi connectivity index (χ0v) is 18.0. The van der Waals surface area contributed by atoms with Crippen LogP contribution < -0.4 is 0 Å². The van der Waals surface area contributed by atoms with E-state index >= 15 is 0 Å². The van der Waals surface area contributed by atoms with Crippen molar-refractivity contribution in [1.82, 2.24) is 9.55 Å². The molecule has 0 atom stereocenters. The first-order valence-corrected chi connectivity index (χ1v) is 10.7. The molecule has 0 fully saturated rings. The highest BCUT2D eigenvalue weighted by molar-refractivity contribution is 7.99. The number of unbranched alkanes of at least 4 members (excludes halogenated alkanes) is 2. The molecule has 0 saturated carbocycles. The fraction of sp³-hybridized carbons (Fsp3) is 0.571. The van der Waals surface area contributed by atoms with Gasteiger partial charge in [-0.15, -0.1) is 0 Å². The van der Waals surface area contributed by atoms with E-state index in [-0.39, 0.29) is 18.5 Å². The van der Waals surface area contributed by atoms with E-state index in [2.05, 4.69) is 4.98 Å². The number of imidazole rings is 1. The molecule has 2 rings (SSSR count). The number of hydrogen-bond donors (Lipinski definition) is 0. The average molecular weight is 407 g/mol. The van der Waals surface area contributed by atoms with Crippen LogP contribution in [0.1, 0.15) is 53.4 Å². The van der Waals surface area contributed by atoms with Crippen molar-refractivity contribution in [2.24, 2.45) is 0 Å². The minimum atomic E-state index is -0.514. The molecule has 7 heteroatoms. The highest BCUT2D eigenvalue weighted by Crippen LogP contribution is 2.25. The minimum Gasteiger partial charge on any atom is -0.466 e. The predicted molar refractivity (Wildman–Crippen MR) is 111 cm³/mol. The molecule has 0 aliphatic rings. The van der Waals surface area contributed by atoms with Crippen LogP contribution in [0.3, 0.4) is 0 Å². The Morgan fingerprint density at radius 1 is 1.11 bits per heavy atom. The zero-order valence-electron chi connectivity index (χ0n) is 17.2. The summed E-state index contributed by atoms with van der Waals surface area (Å²) in [6, 6.07) is 7.80. The van der Waals surface area contributed by atoms with E-state index in [1.54, 1.807) is 11.8 Å². The van der Waals surface area contributed by atoms with E-state index in [0.717, 1.165) is 41.2 Å². The van der Waals surface area contributed by atoms with Gasteiger partial charge in [0.15, 0.2) is 5.16 Å². The van der Waals surface area contributed by atoms with Crippen LogP contribution in [-0.2, 0) is 25.6 Å². The summed E-state index contributed by atoms with van der Waals surface area (Å²) in [7, 11) is 0. The van der Waals surface area contributed by atoms with Gasteiger partial charge in [0.2, 0.25) is 0 Å². The van der Waals surface area contributed by atoms with Gasteiger partial charge in [-0.2, -0.15) is 0 Å². The standard InChI is InChI=1S/C21H30N2O4S/c1-5-26-18(24)13-7-6-10-14-28-20-22-16-11-8-9-12-17(16)23(20)15-19(25)27-21(2,3)4/h8-9,11-12H,5-7,10,13-15H2,1-4H3. The van der Waals surface area contributed by atoms with Crippen LogP contribution >= 0.6 is 11.8 Å². The summed E-state index contributed by atoms with van der Waals surface area (Å²) < 4.78 is 12.3. The fourth-order valence-corrected chi connectivity index (χ4v) is 3.78. The molecular weight excluding hydrogens is 376 g/mol. The Morgan fingerprint density at radius 3 is 2.57 bits per heavy atom. The van der Waals surface area contributed by atoms with E-state index in [0.29, 0.717) is 13.0 Å². The van der Waals surface area contributed by atoms with Gasteiger partial charge in [-0.3, -0.25) is 9.59 Å². The number of ether oxygens (including phenoxy) is 2. The second kappa shape index (κ2) is 10.5. The molecule has 0 unspecified atom stereocenters. The molecule has 0 N–H and O–H groups in total. The van der Waals surface area contributed by atoms with Crippen molar-refractivity contribution in [2.45, 2.75) is 70.7 Å². The molecule has 1 aromatic carbocycles. The topological polar surface area (TPSA) is 70.4 Å². The monoisotopic (exact) mass is 406 g/mol. The van der Waals surface area contributed by atoms with Gasteiger partial charge in [0.1, 0.15) is 12.1 Å². The maximum atomic E-state index is 12.3. The number of nitrogens with zero attached hydrogens (tertiary/aromatic N) is 2. The summed E-state index contributed by atoms with van der Waals surface area (Å²) in [6.07, 6.45) is 3.22. The lowest BCUT2D eigenvalue weighted by Crippen LogP contribution is -2.26. The normalized spacial score (nSPS) is 11.6. The van der Waals surface area contributed by atoms with Crippen LogP contribution in [0.5, 0.6) is 0 Å². The van der Waals surface area contributed by atoms with Gasteiger partial charge in [0.05, 0.1) is 17.6 Å². The average Bonchev–Trinajstić information content (AvgIpc) is 2.94. The third-order valence-electron chi connectivity index (χ3n) is 3.89. The molecule has 0 saturated heterocycles. The Hall–Kier alpha value is -2.02. The first-order valence-electron chi connectivity index (χ1n) is 9.75. The summed E-state index contributed by atoms with van der Waals surface area (Å²) in [5.41, 5.74) is 1.29. The number of esters is 2. The van der Waals surface area contributed by atoms with Gasteiger partial charge in [-0.25, -0.2) is 4.98 Å². The van der Waals surface area contributed by atoms with Crippen molar-refractivity contribution in [3.8, 4) is 0 Å². The number of benzene rings is 1. The number of thioether (sulfide) groups is 1. The molecule has 0 bridgehead atoms. The van der Waals surface area contributed by atoms with E-state index in [1.807, 2.05) is 56.5 Å². The van der Waals surface area contributed by atoms with E-state index in [1.165, 1.54) is 0 Å². The summed E-state index contributed by atoms with van der Waals surface area (Å²) in [5.74, 6) is 0.474. The minimum absolute atomic E-state index is 0.130. The number of para-hydroxylation sites is 2. The van der Waals surface area contributed by atoms with E-state index < -0.39 is 5.60 Å².